The fourth-order valence-corrected chi connectivity index (χ4v) is 4.21. The van der Waals surface area contributed by atoms with E-state index in [2.05, 4.69) is 20.9 Å². The van der Waals surface area contributed by atoms with Crippen molar-refractivity contribution in [1.29, 1.82) is 0 Å². The topological polar surface area (TPSA) is 106 Å². The number of aliphatic imine (C=N–C) groups is 1. The van der Waals surface area contributed by atoms with Crippen molar-refractivity contribution in [3.05, 3.63) is 87.9 Å². The van der Waals surface area contributed by atoms with Crippen LogP contribution in [0.2, 0.25) is 0 Å². The summed E-state index contributed by atoms with van der Waals surface area (Å²) >= 11 is 3.46. The molecule has 0 saturated heterocycles. The molecule has 35 heavy (non-hydrogen) atoms. The van der Waals surface area contributed by atoms with E-state index in [1.165, 1.54) is 6.92 Å². The van der Waals surface area contributed by atoms with Crippen LogP contribution in [0, 0.1) is 0 Å². The molecule has 1 amide bonds. The summed E-state index contributed by atoms with van der Waals surface area (Å²) in [5.74, 6) is -0.949. The van der Waals surface area contributed by atoms with Gasteiger partial charge in [0.05, 0.1) is 22.5 Å². The number of aromatic amines is 1. The Hall–Kier alpha value is -3.91. The maximum absolute atomic E-state index is 11.7. The fourth-order valence-electron chi connectivity index (χ4n) is 3.85. The maximum Gasteiger partial charge on any atom is 0.303 e. The molecule has 4 rings (SSSR count). The number of nitrogens with one attached hydrogen (secondary N) is 1. The predicted octanol–water partition coefficient (Wildman–Crippen LogP) is 5.81. The molecule has 0 radical (unpaired) electrons. The summed E-state index contributed by atoms with van der Waals surface area (Å²) in [5, 5.41) is 20.8. The van der Waals surface area contributed by atoms with Crippen molar-refractivity contribution < 1.29 is 19.8 Å². The van der Waals surface area contributed by atoms with Crippen LogP contribution in [0.5, 0.6) is 5.88 Å². The predicted molar refractivity (Wildman–Crippen MR) is 141 cm³/mol. The number of nitrogens with zero attached hydrogens (tertiary/aromatic N) is 2. The van der Waals surface area contributed by atoms with Crippen LogP contribution in [-0.2, 0) is 16.0 Å². The van der Waals surface area contributed by atoms with E-state index in [9.17, 15) is 14.7 Å². The molecule has 3 N–H and O–H groups in total. The van der Waals surface area contributed by atoms with Gasteiger partial charge in [0.15, 0.2) is 5.88 Å². The van der Waals surface area contributed by atoms with Crippen LogP contribution in [0.25, 0.3) is 10.9 Å². The van der Waals surface area contributed by atoms with Crippen molar-refractivity contribution in [2.75, 3.05) is 11.9 Å². The Balaban J connectivity index is 1.86. The first kappa shape index (κ1) is 24.2. The number of hydrogen-bond acceptors (Lipinski definition) is 4. The van der Waals surface area contributed by atoms with Gasteiger partial charge in [-0.15, -0.1) is 0 Å². The molecule has 4 aromatic rings. The molecule has 0 unspecified atom stereocenters. The number of amides is 1. The van der Waals surface area contributed by atoms with Crippen molar-refractivity contribution in [2.24, 2.45) is 4.99 Å². The number of H-pyrrole nitrogens is 1. The molecule has 8 heteroatoms. The summed E-state index contributed by atoms with van der Waals surface area (Å²) in [7, 11) is 1.71. The normalized spacial score (nSPS) is 11.6. The van der Waals surface area contributed by atoms with Crippen LogP contribution >= 0.6 is 15.9 Å². The molecule has 0 saturated carbocycles. The number of benzene rings is 3. The van der Waals surface area contributed by atoms with Crippen molar-refractivity contribution in [2.45, 2.75) is 19.8 Å². The Bertz CT molecular complexity index is 1440. The lowest BCUT2D eigenvalue weighted by atomic mass is 9.98. The van der Waals surface area contributed by atoms with Crippen LogP contribution in [0.1, 0.15) is 30.0 Å². The van der Waals surface area contributed by atoms with Gasteiger partial charge in [0, 0.05) is 41.5 Å². The highest BCUT2D eigenvalue weighted by molar-refractivity contribution is 9.10. The number of rotatable bonds is 7. The van der Waals surface area contributed by atoms with Gasteiger partial charge in [0.1, 0.15) is 0 Å². The van der Waals surface area contributed by atoms with Gasteiger partial charge in [-0.2, -0.15) is 0 Å². The fraction of sp³-hybridized carbons (Fsp3) is 0.148. The zero-order valence-corrected chi connectivity index (χ0v) is 20.8. The quantitative estimate of drug-likeness (QED) is 0.261. The summed E-state index contributed by atoms with van der Waals surface area (Å²) < 4.78 is 0.872. The standard InChI is InChI=1S/C27H24BrN3O4/c1-16(32)31(2)21-10-8-20(9-11-21)29-26(18-5-3-4-17(14-18)6-13-24(33)34)25-22-12-7-19(28)15-23(22)30-27(25)35/h3-5,7-12,14-15,30,35H,6,13H2,1-2H3,(H,33,34). The minimum absolute atomic E-state index is 0.0132. The molecule has 0 aliphatic heterocycles. The number of carboxylic acids is 1. The molecular weight excluding hydrogens is 510 g/mol. The Morgan fingerprint density at radius 2 is 1.80 bits per heavy atom. The largest absolute Gasteiger partial charge is 0.494 e. The lowest BCUT2D eigenvalue weighted by Gasteiger charge is -2.15. The van der Waals surface area contributed by atoms with Crippen LogP contribution in [0.4, 0.5) is 11.4 Å². The average molecular weight is 534 g/mol. The van der Waals surface area contributed by atoms with Gasteiger partial charge in [-0.1, -0.05) is 40.2 Å². The molecule has 0 bridgehead atoms. The van der Waals surface area contributed by atoms with Crippen molar-refractivity contribution in [3.63, 3.8) is 0 Å². The molecule has 1 aromatic heterocycles. The highest BCUT2D eigenvalue weighted by Gasteiger charge is 2.19. The summed E-state index contributed by atoms with van der Waals surface area (Å²) in [6.07, 6.45) is 0.406. The first-order chi connectivity index (χ1) is 16.7. The van der Waals surface area contributed by atoms with Crippen molar-refractivity contribution in [3.8, 4) is 5.88 Å². The molecule has 0 aliphatic carbocycles. The molecule has 0 fully saturated rings. The number of carbonyl (C=O) groups excluding carboxylic acids is 1. The highest BCUT2D eigenvalue weighted by Crippen LogP contribution is 2.33. The van der Waals surface area contributed by atoms with Gasteiger partial charge in [-0.25, -0.2) is 4.99 Å². The molecule has 3 aromatic carbocycles. The van der Waals surface area contributed by atoms with Gasteiger partial charge in [-0.3, -0.25) is 9.59 Å². The number of aryl methyl sites for hydroxylation is 1. The SMILES string of the molecule is CC(=O)N(C)c1ccc(N=C(c2cccc(CCC(=O)O)c2)c2c(O)[nH]c3cc(Br)ccc23)cc1. The maximum atomic E-state index is 11.7. The number of anilines is 1. The van der Waals surface area contributed by atoms with Crippen molar-refractivity contribution >= 4 is 55.8 Å². The van der Waals surface area contributed by atoms with E-state index in [0.29, 0.717) is 23.4 Å². The minimum atomic E-state index is -0.861. The zero-order chi connectivity index (χ0) is 25.1. The summed E-state index contributed by atoms with van der Waals surface area (Å²) in [6.45, 7) is 1.50. The third-order valence-electron chi connectivity index (χ3n) is 5.76. The van der Waals surface area contributed by atoms with E-state index in [-0.39, 0.29) is 18.2 Å². The molecule has 7 nitrogen and oxygen atoms in total. The zero-order valence-electron chi connectivity index (χ0n) is 19.2. The van der Waals surface area contributed by atoms with E-state index in [1.807, 2.05) is 66.7 Å². The summed E-state index contributed by atoms with van der Waals surface area (Å²) in [6, 6.07) is 20.4. The van der Waals surface area contributed by atoms with E-state index < -0.39 is 5.97 Å². The average Bonchev–Trinajstić information content (AvgIpc) is 3.15. The van der Waals surface area contributed by atoms with Crippen molar-refractivity contribution in [1.82, 2.24) is 4.98 Å². The first-order valence-corrected chi connectivity index (χ1v) is 11.8. The Morgan fingerprint density at radius 1 is 1.06 bits per heavy atom. The van der Waals surface area contributed by atoms with Gasteiger partial charge < -0.3 is 20.1 Å². The second-order valence-corrected chi connectivity index (χ2v) is 9.10. The molecular formula is C27H24BrN3O4. The summed E-state index contributed by atoms with van der Waals surface area (Å²) in [5.41, 5.74) is 4.83. The molecule has 0 atom stereocenters. The number of carboxylic acid groups (broad SMARTS) is 1. The monoisotopic (exact) mass is 533 g/mol. The highest BCUT2D eigenvalue weighted by atomic mass is 79.9. The molecule has 0 spiro atoms. The second-order valence-electron chi connectivity index (χ2n) is 8.19. The third-order valence-corrected chi connectivity index (χ3v) is 6.25. The number of aliphatic carboxylic acids is 1. The van der Waals surface area contributed by atoms with Gasteiger partial charge in [0.2, 0.25) is 5.91 Å². The van der Waals surface area contributed by atoms with E-state index in [0.717, 1.165) is 32.2 Å². The lowest BCUT2D eigenvalue weighted by Crippen LogP contribution is -2.22. The Morgan fingerprint density at radius 3 is 2.49 bits per heavy atom. The Kier molecular flexibility index (Phi) is 7.02. The number of aromatic hydroxyl groups is 1. The third kappa shape index (κ3) is 5.44. The first-order valence-electron chi connectivity index (χ1n) is 11.0. The van der Waals surface area contributed by atoms with E-state index in [4.69, 9.17) is 10.1 Å². The van der Waals surface area contributed by atoms with Gasteiger partial charge in [-0.05, 0) is 54.4 Å². The van der Waals surface area contributed by atoms with Crippen LogP contribution in [0.3, 0.4) is 0 Å². The summed E-state index contributed by atoms with van der Waals surface area (Å²) in [4.78, 5) is 32.2. The molecule has 0 aliphatic rings. The smallest absolute Gasteiger partial charge is 0.303 e. The van der Waals surface area contributed by atoms with Gasteiger partial charge in [0.25, 0.3) is 0 Å². The molecule has 178 valence electrons. The Labute approximate surface area is 210 Å². The van der Waals surface area contributed by atoms with Crippen LogP contribution < -0.4 is 4.90 Å². The van der Waals surface area contributed by atoms with Gasteiger partial charge >= 0.3 is 5.97 Å². The number of hydrogen-bond donors (Lipinski definition) is 3. The van der Waals surface area contributed by atoms with Crippen LogP contribution in [0.15, 0.2) is 76.2 Å². The number of halogens is 1. The van der Waals surface area contributed by atoms with E-state index in [1.54, 1.807) is 11.9 Å². The van der Waals surface area contributed by atoms with E-state index >= 15 is 0 Å². The molecule has 1 heterocycles. The number of aromatic nitrogens is 1. The lowest BCUT2D eigenvalue weighted by molar-refractivity contribution is -0.137. The number of carbonyl (C=O) groups is 2. The minimum Gasteiger partial charge on any atom is -0.494 e. The van der Waals surface area contributed by atoms with Crippen LogP contribution in [-0.4, -0.2) is 39.8 Å². The number of fused-ring (bicyclic) bond motifs is 1. The second kappa shape index (κ2) is 10.1.